The van der Waals surface area contributed by atoms with Gasteiger partial charge in [0.25, 0.3) is 0 Å². The number of amides is 1. The molecule has 1 unspecified atom stereocenters. The highest BCUT2D eigenvalue weighted by Gasteiger charge is 2.31. The van der Waals surface area contributed by atoms with Gasteiger partial charge in [0.2, 0.25) is 5.91 Å². The van der Waals surface area contributed by atoms with Crippen LogP contribution in [-0.2, 0) is 4.79 Å². The summed E-state index contributed by atoms with van der Waals surface area (Å²) in [6.45, 7) is 7.37. The number of thiocarbonyl (C=S) groups is 1. The first-order chi connectivity index (χ1) is 6.82. The summed E-state index contributed by atoms with van der Waals surface area (Å²) >= 11 is 4.99. The van der Waals surface area contributed by atoms with Crippen molar-refractivity contribution in [3.63, 3.8) is 0 Å². The minimum absolute atomic E-state index is 0.198. The summed E-state index contributed by atoms with van der Waals surface area (Å²) in [6.07, 6.45) is 2.02. The van der Waals surface area contributed by atoms with Gasteiger partial charge in [0.05, 0.1) is 4.99 Å². The maximum absolute atomic E-state index is 12.0. The molecule has 1 fully saturated rings. The van der Waals surface area contributed by atoms with Crippen molar-refractivity contribution in [3.8, 4) is 0 Å². The minimum Gasteiger partial charge on any atom is -0.393 e. The molecule has 0 aromatic rings. The molecular weight excluding hydrogens is 208 g/mol. The van der Waals surface area contributed by atoms with Crippen LogP contribution in [0.5, 0.6) is 0 Å². The number of rotatable bonds is 1. The lowest BCUT2D eigenvalue weighted by atomic mass is 9.91. The van der Waals surface area contributed by atoms with Crippen LogP contribution in [-0.4, -0.2) is 28.9 Å². The second-order valence-electron chi connectivity index (χ2n) is 5.24. The molecule has 1 amide bonds. The molecule has 86 valence electrons. The zero-order valence-electron chi connectivity index (χ0n) is 9.75. The number of hydrogen-bond donors (Lipinski definition) is 1. The van der Waals surface area contributed by atoms with Crippen molar-refractivity contribution in [2.75, 3.05) is 13.1 Å². The summed E-state index contributed by atoms with van der Waals surface area (Å²) in [7, 11) is 0. The van der Waals surface area contributed by atoms with Crippen LogP contribution < -0.4 is 5.73 Å². The van der Waals surface area contributed by atoms with Crippen LogP contribution in [0, 0.1) is 11.3 Å². The van der Waals surface area contributed by atoms with Crippen LogP contribution in [0.15, 0.2) is 0 Å². The van der Waals surface area contributed by atoms with E-state index < -0.39 is 0 Å². The van der Waals surface area contributed by atoms with E-state index in [2.05, 4.69) is 0 Å². The van der Waals surface area contributed by atoms with E-state index in [9.17, 15) is 4.79 Å². The summed E-state index contributed by atoms with van der Waals surface area (Å²) in [6, 6.07) is 0. The Morgan fingerprint density at radius 1 is 1.47 bits per heavy atom. The minimum atomic E-state index is -0.307. The van der Waals surface area contributed by atoms with Gasteiger partial charge < -0.3 is 10.6 Å². The summed E-state index contributed by atoms with van der Waals surface area (Å²) < 4.78 is 0. The number of carbonyl (C=O) groups is 1. The van der Waals surface area contributed by atoms with Crippen molar-refractivity contribution in [2.24, 2.45) is 17.1 Å². The van der Waals surface area contributed by atoms with Crippen LogP contribution in [0.25, 0.3) is 0 Å². The molecule has 3 nitrogen and oxygen atoms in total. The molecule has 0 bridgehead atoms. The summed E-state index contributed by atoms with van der Waals surface area (Å²) in [5, 5.41) is 0. The van der Waals surface area contributed by atoms with Gasteiger partial charge in [0, 0.05) is 24.4 Å². The highest BCUT2D eigenvalue weighted by molar-refractivity contribution is 7.80. The van der Waals surface area contributed by atoms with Crippen molar-refractivity contribution in [3.05, 3.63) is 0 Å². The predicted molar refractivity (Wildman–Crippen MR) is 65.5 cm³/mol. The first-order valence-corrected chi connectivity index (χ1v) is 5.82. The fourth-order valence-electron chi connectivity index (χ4n) is 1.87. The highest BCUT2D eigenvalue weighted by atomic mass is 32.1. The van der Waals surface area contributed by atoms with E-state index in [-0.39, 0.29) is 17.2 Å². The van der Waals surface area contributed by atoms with Crippen LogP contribution in [0.1, 0.15) is 33.6 Å². The van der Waals surface area contributed by atoms with Crippen molar-refractivity contribution in [2.45, 2.75) is 33.6 Å². The third-order valence-corrected chi connectivity index (χ3v) is 3.09. The highest BCUT2D eigenvalue weighted by Crippen LogP contribution is 2.23. The van der Waals surface area contributed by atoms with Crippen molar-refractivity contribution in [1.29, 1.82) is 0 Å². The molecule has 0 saturated carbocycles. The van der Waals surface area contributed by atoms with Gasteiger partial charge in [-0.2, -0.15) is 0 Å². The summed E-state index contributed by atoms with van der Waals surface area (Å²) in [4.78, 5) is 14.5. The molecular formula is C11H20N2OS. The molecule has 1 aliphatic heterocycles. The zero-order valence-corrected chi connectivity index (χ0v) is 10.6. The monoisotopic (exact) mass is 228 g/mol. The van der Waals surface area contributed by atoms with E-state index in [4.69, 9.17) is 18.0 Å². The third-order valence-electron chi connectivity index (χ3n) is 2.75. The number of likely N-dealkylation sites (tertiary alicyclic amines) is 1. The lowest BCUT2D eigenvalue weighted by molar-refractivity contribution is -0.140. The second kappa shape index (κ2) is 4.47. The second-order valence-corrected chi connectivity index (χ2v) is 5.71. The Balaban J connectivity index is 2.64. The Bertz CT molecular complexity index is 270. The Morgan fingerprint density at radius 3 is 2.53 bits per heavy atom. The molecule has 0 spiro atoms. The van der Waals surface area contributed by atoms with E-state index in [1.54, 1.807) is 0 Å². The molecule has 0 aromatic heterocycles. The Kier molecular flexibility index (Phi) is 3.71. The van der Waals surface area contributed by atoms with Crippen molar-refractivity contribution in [1.82, 2.24) is 4.90 Å². The Hall–Kier alpha value is -0.640. The lowest BCUT2D eigenvalue weighted by Crippen LogP contribution is -2.47. The van der Waals surface area contributed by atoms with E-state index in [1.807, 2.05) is 25.7 Å². The van der Waals surface area contributed by atoms with E-state index in [1.165, 1.54) is 0 Å². The van der Waals surface area contributed by atoms with Gasteiger partial charge in [0.15, 0.2) is 0 Å². The predicted octanol–water partition coefficient (Wildman–Crippen LogP) is 1.56. The van der Waals surface area contributed by atoms with Gasteiger partial charge in [-0.15, -0.1) is 0 Å². The molecule has 1 atom stereocenters. The zero-order chi connectivity index (χ0) is 11.6. The molecule has 1 heterocycles. The molecule has 2 N–H and O–H groups in total. The molecule has 1 saturated heterocycles. The van der Waals surface area contributed by atoms with Crippen LogP contribution in [0.3, 0.4) is 0 Å². The normalized spacial score (nSPS) is 22.6. The Labute approximate surface area is 97.0 Å². The average molecular weight is 228 g/mol. The van der Waals surface area contributed by atoms with Gasteiger partial charge >= 0.3 is 0 Å². The van der Waals surface area contributed by atoms with Crippen LogP contribution in [0.2, 0.25) is 0 Å². The number of nitrogens with zero attached hydrogens (tertiary/aromatic N) is 1. The molecule has 4 heteroatoms. The van der Waals surface area contributed by atoms with Gasteiger partial charge in [-0.05, 0) is 12.8 Å². The smallest absolute Gasteiger partial charge is 0.227 e. The number of hydrogen-bond acceptors (Lipinski definition) is 2. The summed E-state index contributed by atoms with van der Waals surface area (Å²) in [5.41, 5.74) is 5.32. The maximum Gasteiger partial charge on any atom is 0.227 e. The van der Waals surface area contributed by atoms with Gasteiger partial charge in [-0.25, -0.2) is 0 Å². The topological polar surface area (TPSA) is 46.3 Å². The molecule has 1 rings (SSSR count). The van der Waals surface area contributed by atoms with Gasteiger partial charge in [-0.3, -0.25) is 4.79 Å². The van der Waals surface area contributed by atoms with E-state index in [0.29, 0.717) is 11.5 Å². The molecule has 0 aliphatic carbocycles. The first-order valence-electron chi connectivity index (χ1n) is 5.41. The quantitative estimate of drug-likeness (QED) is 0.693. The van der Waals surface area contributed by atoms with E-state index in [0.717, 1.165) is 19.4 Å². The number of nitrogens with two attached hydrogens (primary N) is 1. The fraction of sp³-hybridized carbons (Fsp3) is 0.818. The maximum atomic E-state index is 12.0. The van der Waals surface area contributed by atoms with Gasteiger partial charge in [0.1, 0.15) is 0 Å². The third kappa shape index (κ3) is 3.16. The number of piperidine rings is 1. The number of carbonyl (C=O) groups excluding carboxylic acids is 1. The lowest BCUT2D eigenvalue weighted by Gasteiger charge is -2.36. The van der Waals surface area contributed by atoms with Crippen molar-refractivity contribution < 1.29 is 4.79 Å². The summed E-state index contributed by atoms with van der Waals surface area (Å²) in [5.74, 6) is 0.406. The molecule has 1 aliphatic rings. The van der Waals surface area contributed by atoms with Crippen molar-refractivity contribution >= 4 is 23.1 Å². The standard InChI is InChI=1S/C11H20N2OS/c1-11(2,3)10(14)13-6-4-5-8(7-13)9(12)15/h8H,4-7H2,1-3H3,(H2,12,15). The molecule has 0 radical (unpaired) electrons. The first kappa shape index (κ1) is 12.4. The van der Waals surface area contributed by atoms with Gasteiger partial charge in [-0.1, -0.05) is 33.0 Å². The fourth-order valence-corrected chi connectivity index (χ4v) is 2.06. The van der Waals surface area contributed by atoms with Crippen LogP contribution >= 0.6 is 12.2 Å². The average Bonchev–Trinajstić information content (AvgIpc) is 2.15. The largest absolute Gasteiger partial charge is 0.393 e. The van der Waals surface area contributed by atoms with E-state index >= 15 is 0 Å². The molecule has 0 aromatic carbocycles. The molecule has 15 heavy (non-hydrogen) atoms. The Morgan fingerprint density at radius 2 is 2.07 bits per heavy atom. The van der Waals surface area contributed by atoms with Crippen LogP contribution in [0.4, 0.5) is 0 Å². The SMILES string of the molecule is CC(C)(C)C(=O)N1CCCC(C(N)=S)C1.